The molecule has 0 spiro atoms. The van der Waals surface area contributed by atoms with Crippen molar-refractivity contribution in [1.82, 2.24) is 5.32 Å². The molecule has 0 unspecified atom stereocenters. The van der Waals surface area contributed by atoms with Crippen LogP contribution < -0.4 is 10.1 Å². The maximum Gasteiger partial charge on any atom is 0.125 e. The standard InChI is InChI=1S/C19H25NO3S/c1-15(7-8-18-9-10-19(24-18)11-12-21)20-13-16(22)14-23-17-5-3-2-4-6-17/h2-6,9-10,12,15-16,20,22H,7-8,11,13-14H2,1H3/t15-,16-/m0/s1. The van der Waals surface area contributed by atoms with E-state index in [-0.39, 0.29) is 6.61 Å². The van der Waals surface area contributed by atoms with Gasteiger partial charge in [-0.2, -0.15) is 0 Å². The minimum Gasteiger partial charge on any atom is -0.491 e. The molecule has 4 nitrogen and oxygen atoms in total. The topological polar surface area (TPSA) is 58.6 Å². The molecule has 0 aliphatic rings. The molecular formula is C19H25NO3S. The Morgan fingerprint density at radius 1 is 1.21 bits per heavy atom. The average molecular weight is 347 g/mol. The molecule has 130 valence electrons. The summed E-state index contributed by atoms with van der Waals surface area (Å²) < 4.78 is 5.54. The van der Waals surface area contributed by atoms with Crippen molar-refractivity contribution in [2.45, 2.75) is 38.3 Å². The quantitative estimate of drug-likeness (QED) is 0.614. The van der Waals surface area contributed by atoms with Gasteiger partial charge in [-0.3, -0.25) is 0 Å². The third-order valence-electron chi connectivity index (χ3n) is 3.71. The van der Waals surface area contributed by atoms with E-state index in [1.54, 1.807) is 11.3 Å². The van der Waals surface area contributed by atoms with E-state index in [0.29, 0.717) is 19.0 Å². The predicted octanol–water partition coefficient (Wildman–Crippen LogP) is 2.84. The van der Waals surface area contributed by atoms with Crippen LogP contribution in [-0.4, -0.2) is 36.7 Å². The van der Waals surface area contributed by atoms with Crippen molar-refractivity contribution in [3.63, 3.8) is 0 Å². The SMILES string of the molecule is C[C@@H](CCc1ccc(CC=O)s1)NC[C@H](O)COc1ccccc1. The summed E-state index contributed by atoms with van der Waals surface area (Å²) in [4.78, 5) is 12.9. The first-order valence-corrected chi connectivity index (χ1v) is 9.09. The van der Waals surface area contributed by atoms with Gasteiger partial charge in [-0.05, 0) is 44.0 Å². The fraction of sp³-hybridized carbons (Fsp3) is 0.421. The highest BCUT2D eigenvalue weighted by Crippen LogP contribution is 2.18. The fourth-order valence-electron chi connectivity index (χ4n) is 2.31. The first kappa shape index (κ1) is 18.6. The number of aryl methyl sites for hydroxylation is 1. The molecule has 0 fully saturated rings. The van der Waals surface area contributed by atoms with Crippen LogP contribution in [-0.2, 0) is 17.6 Å². The molecule has 0 bridgehead atoms. The number of thiophene rings is 1. The summed E-state index contributed by atoms with van der Waals surface area (Å²) in [5.74, 6) is 0.772. The number of carbonyl (C=O) groups excluding carboxylic acids is 1. The molecule has 2 rings (SSSR count). The van der Waals surface area contributed by atoms with E-state index in [2.05, 4.69) is 18.3 Å². The second-order valence-corrected chi connectivity index (χ2v) is 7.12. The van der Waals surface area contributed by atoms with E-state index in [0.717, 1.165) is 29.8 Å². The summed E-state index contributed by atoms with van der Waals surface area (Å²) in [6.07, 6.45) is 2.89. The molecule has 2 N–H and O–H groups in total. The number of ether oxygens (including phenoxy) is 1. The van der Waals surface area contributed by atoms with Crippen molar-refractivity contribution in [2.24, 2.45) is 0 Å². The van der Waals surface area contributed by atoms with Gasteiger partial charge in [0.15, 0.2) is 0 Å². The summed E-state index contributed by atoms with van der Waals surface area (Å²) in [5, 5.41) is 13.3. The van der Waals surface area contributed by atoms with Crippen molar-refractivity contribution in [3.05, 3.63) is 52.2 Å². The lowest BCUT2D eigenvalue weighted by molar-refractivity contribution is -0.107. The van der Waals surface area contributed by atoms with E-state index >= 15 is 0 Å². The third-order valence-corrected chi connectivity index (χ3v) is 4.88. The largest absolute Gasteiger partial charge is 0.491 e. The Morgan fingerprint density at radius 3 is 2.71 bits per heavy atom. The Bertz CT molecular complexity index is 600. The van der Waals surface area contributed by atoms with Gasteiger partial charge in [0.25, 0.3) is 0 Å². The zero-order valence-electron chi connectivity index (χ0n) is 14.0. The number of rotatable bonds is 11. The van der Waals surface area contributed by atoms with Gasteiger partial charge in [-0.1, -0.05) is 18.2 Å². The monoisotopic (exact) mass is 347 g/mol. The van der Waals surface area contributed by atoms with E-state index in [1.807, 2.05) is 36.4 Å². The smallest absolute Gasteiger partial charge is 0.125 e. The van der Waals surface area contributed by atoms with Crippen LogP contribution in [0.1, 0.15) is 23.1 Å². The van der Waals surface area contributed by atoms with E-state index in [4.69, 9.17) is 4.74 Å². The molecule has 0 amide bonds. The Morgan fingerprint density at radius 2 is 1.96 bits per heavy atom. The first-order chi connectivity index (χ1) is 11.7. The number of hydrogen-bond donors (Lipinski definition) is 2. The second-order valence-electron chi connectivity index (χ2n) is 5.86. The van der Waals surface area contributed by atoms with Crippen molar-refractivity contribution >= 4 is 17.6 Å². The van der Waals surface area contributed by atoms with Gasteiger partial charge in [0.2, 0.25) is 0 Å². The Balaban J connectivity index is 1.61. The molecule has 0 aliphatic carbocycles. The highest BCUT2D eigenvalue weighted by molar-refractivity contribution is 7.12. The molecule has 2 atom stereocenters. The Labute approximate surface area is 147 Å². The lowest BCUT2D eigenvalue weighted by Crippen LogP contribution is -2.36. The highest BCUT2D eigenvalue weighted by atomic mass is 32.1. The van der Waals surface area contributed by atoms with Crippen molar-refractivity contribution in [2.75, 3.05) is 13.2 Å². The van der Waals surface area contributed by atoms with Gasteiger partial charge in [0, 0.05) is 28.8 Å². The number of carbonyl (C=O) groups is 1. The van der Waals surface area contributed by atoms with Crippen molar-refractivity contribution in [3.8, 4) is 5.75 Å². The van der Waals surface area contributed by atoms with Gasteiger partial charge >= 0.3 is 0 Å². The molecule has 0 saturated carbocycles. The number of aliphatic hydroxyl groups is 1. The summed E-state index contributed by atoms with van der Waals surface area (Å²) in [6.45, 7) is 2.91. The maximum absolute atomic E-state index is 10.5. The zero-order chi connectivity index (χ0) is 17.2. The van der Waals surface area contributed by atoms with Crippen LogP contribution in [0.15, 0.2) is 42.5 Å². The molecule has 0 saturated heterocycles. The van der Waals surface area contributed by atoms with Crippen LogP contribution in [0.4, 0.5) is 0 Å². The van der Waals surface area contributed by atoms with Gasteiger partial charge in [-0.25, -0.2) is 0 Å². The summed E-state index contributed by atoms with van der Waals surface area (Å²) >= 11 is 1.70. The van der Waals surface area contributed by atoms with E-state index < -0.39 is 6.10 Å². The summed E-state index contributed by atoms with van der Waals surface area (Å²) in [7, 11) is 0. The fourth-order valence-corrected chi connectivity index (χ4v) is 3.29. The average Bonchev–Trinajstić information content (AvgIpc) is 3.05. The molecule has 5 heteroatoms. The second kappa shape index (κ2) is 10.2. The Hall–Kier alpha value is -1.69. The zero-order valence-corrected chi connectivity index (χ0v) is 14.8. The third kappa shape index (κ3) is 6.83. The molecule has 24 heavy (non-hydrogen) atoms. The first-order valence-electron chi connectivity index (χ1n) is 8.28. The summed E-state index contributed by atoms with van der Waals surface area (Å²) in [5.41, 5.74) is 0. The van der Waals surface area contributed by atoms with Crippen LogP contribution in [0.2, 0.25) is 0 Å². The minimum absolute atomic E-state index is 0.281. The number of hydrogen-bond acceptors (Lipinski definition) is 5. The van der Waals surface area contributed by atoms with Gasteiger partial charge in [0.05, 0.1) is 0 Å². The molecule has 2 aromatic rings. The van der Waals surface area contributed by atoms with Crippen LogP contribution in [0.5, 0.6) is 5.75 Å². The molecule has 1 aromatic carbocycles. The number of para-hydroxylation sites is 1. The maximum atomic E-state index is 10.5. The number of benzene rings is 1. The number of aldehydes is 1. The normalized spacial score (nSPS) is 13.4. The molecular weight excluding hydrogens is 322 g/mol. The van der Waals surface area contributed by atoms with E-state index in [9.17, 15) is 9.90 Å². The Kier molecular flexibility index (Phi) is 7.95. The molecule has 0 aliphatic heterocycles. The lowest BCUT2D eigenvalue weighted by atomic mass is 10.1. The molecule has 1 heterocycles. The van der Waals surface area contributed by atoms with Crippen LogP contribution in [0.25, 0.3) is 0 Å². The lowest BCUT2D eigenvalue weighted by Gasteiger charge is -2.17. The van der Waals surface area contributed by atoms with Crippen LogP contribution in [0, 0.1) is 0 Å². The number of aliphatic hydroxyl groups excluding tert-OH is 1. The van der Waals surface area contributed by atoms with Crippen LogP contribution >= 0.6 is 11.3 Å². The predicted molar refractivity (Wildman–Crippen MR) is 97.8 cm³/mol. The summed E-state index contributed by atoms with van der Waals surface area (Å²) in [6, 6.07) is 13.9. The molecule has 1 aromatic heterocycles. The highest BCUT2D eigenvalue weighted by Gasteiger charge is 2.09. The van der Waals surface area contributed by atoms with Crippen LogP contribution in [0.3, 0.4) is 0 Å². The van der Waals surface area contributed by atoms with Crippen molar-refractivity contribution < 1.29 is 14.6 Å². The van der Waals surface area contributed by atoms with Gasteiger partial charge in [-0.15, -0.1) is 11.3 Å². The van der Waals surface area contributed by atoms with E-state index in [1.165, 1.54) is 4.88 Å². The van der Waals surface area contributed by atoms with Gasteiger partial charge in [0.1, 0.15) is 24.7 Å². The number of nitrogens with one attached hydrogen (secondary N) is 1. The van der Waals surface area contributed by atoms with Crippen molar-refractivity contribution in [1.29, 1.82) is 0 Å². The molecule has 0 radical (unpaired) electrons. The minimum atomic E-state index is -0.534. The van der Waals surface area contributed by atoms with Gasteiger partial charge < -0.3 is 20.0 Å².